The number of nitrogens with two attached hydrogens (primary N) is 1. The molecule has 0 saturated carbocycles. The number of aliphatic carboxylic acids is 1. The summed E-state index contributed by atoms with van der Waals surface area (Å²) in [6.07, 6.45) is 1.67. The zero-order valence-electron chi connectivity index (χ0n) is 21.3. The Morgan fingerprint density at radius 3 is 2.76 bits per heavy atom. The lowest BCUT2D eigenvalue weighted by molar-refractivity contribution is -0.300. The van der Waals surface area contributed by atoms with Crippen molar-refractivity contribution in [1.29, 1.82) is 0 Å². The number of carbonyl (C=O) groups is 5. The van der Waals surface area contributed by atoms with Crippen molar-refractivity contribution in [3.8, 4) is 0 Å². The molecule has 4 rings (SSSR count). The Bertz CT molecular complexity index is 1380. The van der Waals surface area contributed by atoms with Crippen molar-refractivity contribution < 1.29 is 44.2 Å². The molecule has 1 aromatic rings. The third-order valence-corrected chi connectivity index (χ3v) is 8.82. The van der Waals surface area contributed by atoms with Crippen molar-refractivity contribution in [2.45, 2.75) is 29.9 Å². The molecule has 3 atom stereocenters. The quantitative estimate of drug-likeness (QED) is 0.0577. The van der Waals surface area contributed by atoms with Gasteiger partial charge in [-0.15, -0.1) is 23.1 Å². The molecule has 0 aromatic carbocycles. The van der Waals surface area contributed by atoms with Crippen LogP contribution in [0.4, 0.5) is 5.13 Å². The monoisotopic (exact) mass is 628 g/mol. The van der Waals surface area contributed by atoms with E-state index in [0.717, 1.165) is 21.1 Å². The van der Waals surface area contributed by atoms with Gasteiger partial charge >= 0.3 is 17.8 Å². The minimum Gasteiger partial charge on any atom is -0.477 e. The van der Waals surface area contributed by atoms with Crippen molar-refractivity contribution in [3.05, 3.63) is 33.8 Å². The second kappa shape index (κ2) is 12.0. The van der Waals surface area contributed by atoms with Crippen molar-refractivity contribution in [2.24, 2.45) is 5.16 Å². The summed E-state index contributed by atoms with van der Waals surface area (Å²) in [5.41, 5.74) is 7.22. The van der Waals surface area contributed by atoms with Gasteiger partial charge in [0.25, 0.3) is 17.0 Å². The summed E-state index contributed by atoms with van der Waals surface area (Å²) >= 11 is 2.76. The molecular weight excluding hydrogens is 604 g/mol. The second-order valence-corrected chi connectivity index (χ2v) is 11.5. The summed E-state index contributed by atoms with van der Waals surface area (Å²) < 4.78 is 0. The number of aliphatic hydroxyl groups is 1. The Morgan fingerprint density at radius 1 is 1.41 bits per heavy atom. The number of carboxylic acid groups (broad SMARTS) is 1. The number of β-lactam (4-membered cyclic amide) rings is 1. The largest absolute Gasteiger partial charge is 0.477 e. The molecule has 4 heterocycles. The highest BCUT2D eigenvalue weighted by Gasteiger charge is 2.55. The van der Waals surface area contributed by atoms with Crippen LogP contribution in [0.15, 0.2) is 33.3 Å². The van der Waals surface area contributed by atoms with Crippen LogP contribution in [0, 0.1) is 0 Å². The molecule has 2 saturated heterocycles. The molecule has 0 bridgehead atoms. The molecule has 220 valence electrons. The van der Waals surface area contributed by atoms with E-state index in [1.165, 1.54) is 35.7 Å². The summed E-state index contributed by atoms with van der Waals surface area (Å²) in [6.45, 7) is 1.63. The Hall–Kier alpha value is -3.69. The number of carbonyl (C=O) groups excluding carboxylic acids is 4. The van der Waals surface area contributed by atoms with Gasteiger partial charge in [-0.2, -0.15) is 0 Å². The lowest BCUT2D eigenvalue weighted by Crippen LogP contribution is -2.71. The minimum atomic E-state index is -2.42. The highest BCUT2D eigenvalue weighted by Crippen LogP contribution is 2.41. The van der Waals surface area contributed by atoms with E-state index in [-0.39, 0.29) is 45.3 Å². The Labute approximate surface area is 244 Å². The fourth-order valence-corrected chi connectivity index (χ4v) is 6.78. The summed E-state index contributed by atoms with van der Waals surface area (Å²) in [4.78, 5) is 72.6. The fraction of sp³-hybridized carbons (Fsp3) is 0.381. The summed E-state index contributed by atoms with van der Waals surface area (Å²) in [7, 11) is 1.23. The number of carboxylic acids is 1. The van der Waals surface area contributed by atoms with E-state index < -0.39 is 46.2 Å². The molecule has 7 N–H and O–H groups in total. The summed E-state index contributed by atoms with van der Waals surface area (Å²) in [5.74, 6) is -4.99. The molecule has 0 spiro atoms. The first-order valence-electron chi connectivity index (χ1n) is 11.7. The van der Waals surface area contributed by atoms with Gasteiger partial charge in [-0.05, 0) is 28.7 Å². The number of rotatable bonds is 10. The fourth-order valence-electron chi connectivity index (χ4n) is 4.05. The van der Waals surface area contributed by atoms with Crippen LogP contribution in [0.25, 0.3) is 0 Å². The zero-order chi connectivity index (χ0) is 30.1. The number of hydrazine groups is 1. The number of allylic oxidation sites excluding steroid dienone is 1. The van der Waals surface area contributed by atoms with E-state index in [1.807, 2.05) is 5.43 Å². The lowest BCUT2D eigenvalue weighted by Gasteiger charge is -2.49. The van der Waals surface area contributed by atoms with E-state index in [4.69, 9.17) is 10.6 Å². The standard InChI is InChI=1S/C21H24N8O9S3/c1-3-5-27-17(33)15(31)25-29(37)21(27,36)41-6-4-9-7-39-18-12(16(32)28(18)13(9)19(34)35)24-14(30)11(26-38-2)10-8-40-20(22)23-10/h4,6,8,12,18,36-37H,3,5,7H2,1-2H3,(H2,22,23)(H,24,30)(H,25,31)(H,34,35). The minimum absolute atomic E-state index is 0.0662. The predicted octanol–water partition coefficient (Wildman–Crippen LogP) is -1.36. The second-order valence-electron chi connectivity index (χ2n) is 8.44. The maximum Gasteiger partial charge on any atom is 0.352 e. The van der Waals surface area contributed by atoms with Gasteiger partial charge in [0.05, 0.1) is 0 Å². The number of fused-ring (bicyclic) bond motifs is 1. The number of nitrogens with zero attached hydrogens (tertiary/aromatic N) is 5. The van der Waals surface area contributed by atoms with Crippen LogP contribution in [-0.4, -0.2) is 107 Å². The average Bonchev–Trinajstić information content (AvgIpc) is 3.36. The smallest absolute Gasteiger partial charge is 0.352 e. The normalized spacial score (nSPS) is 25.3. The number of anilines is 1. The van der Waals surface area contributed by atoms with E-state index in [0.29, 0.717) is 18.2 Å². The van der Waals surface area contributed by atoms with Gasteiger partial charge < -0.3 is 26.1 Å². The van der Waals surface area contributed by atoms with Gasteiger partial charge in [0.15, 0.2) is 10.8 Å². The molecule has 3 unspecified atom stereocenters. The average molecular weight is 629 g/mol. The van der Waals surface area contributed by atoms with Crippen LogP contribution in [0.2, 0.25) is 0 Å². The number of amides is 4. The van der Waals surface area contributed by atoms with Crippen LogP contribution in [-0.2, 0) is 28.8 Å². The number of thioether (sulfide) groups is 2. The highest BCUT2D eigenvalue weighted by molar-refractivity contribution is 8.03. The van der Waals surface area contributed by atoms with E-state index in [2.05, 4.69) is 15.5 Å². The van der Waals surface area contributed by atoms with Gasteiger partial charge in [-0.25, -0.2) is 9.78 Å². The van der Waals surface area contributed by atoms with Crippen molar-refractivity contribution >= 4 is 75.3 Å². The molecule has 3 aliphatic heterocycles. The summed E-state index contributed by atoms with van der Waals surface area (Å²) in [6, 6.07) is -1.07. The molecular formula is C21H24N8O9S3. The van der Waals surface area contributed by atoms with Gasteiger partial charge in [-0.1, -0.05) is 23.8 Å². The first-order valence-corrected chi connectivity index (χ1v) is 14.5. The van der Waals surface area contributed by atoms with E-state index in [1.54, 1.807) is 6.92 Å². The van der Waals surface area contributed by atoms with Crippen LogP contribution in [0.3, 0.4) is 0 Å². The first kappa shape index (κ1) is 30.3. The molecule has 0 aliphatic carbocycles. The first-order chi connectivity index (χ1) is 19.4. The Kier molecular flexibility index (Phi) is 8.89. The number of nitrogens with one attached hydrogen (secondary N) is 2. The molecule has 17 nitrogen and oxygen atoms in total. The lowest BCUT2D eigenvalue weighted by atomic mass is 10.0. The Balaban J connectivity index is 1.51. The number of hydroxylamine groups is 1. The van der Waals surface area contributed by atoms with Gasteiger partial charge in [0.2, 0.25) is 0 Å². The van der Waals surface area contributed by atoms with Gasteiger partial charge in [-0.3, -0.25) is 39.6 Å². The molecule has 1 aromatic heterocycles. The van der Waals surface area contributed by atoms with Crippen LogP contribution < -0.4 is 16.5 Å². The SMILES string of the molecule is CCCN1C(=O)C(=O)NN(O)C1(O)SC=CC1=C(C(=O)O)N2C(=O)C(NC(=O)C(=NOC)c3csc(N)n3)C2SC1. The zero-order valence-corrected chi connectivity index (χ0v) is 23.8. The number of thiazole rings is 1. The topological polar surface area (TPSA) is 240 Å². The van der Waals surface area contributed by atoms with E-state index >= 15 is 0 Å². The number of aromatic nitrogens is 1. The molecule has 3 aliphatic rings. The number of nitrogen functional groups attached to an aromatic ring is 1. The molecule has 20 heteroatoms. The van der Waals surface area contributed by atoms with Crippen LogP contribution >= 0.6 is 34.9 Å². The van der Waals surface area contributed by atoms with Crippen molar-refractivity contribution in [3.63, 3.8) is 0 Å². The number of hydrogen-bond donors (Lipinski definition) is 6. The number of oxime groups is 1. The molecule has 2 fully saturated rings. The molecule has 4 amide bonds. The predicted molar refractivity (Wildman–Crippen MR) is 145 cm³/mol. The van der Waals surface area contributed by atoms with E-state index in [9.17, 15) is 39.4 Å². The number of hydrogen-bond acceptors (Lipinski definition) is 15. The third-order valence-electron chi connectivity index (χ3n) is 5.87. The highest BCUT2D eigenvalue weighted by atomic mass is 32.2. The van der Waals surface area contributed by atoms with Crippen LogP contribution in [0.5, 0.6) is 0 Å². The molecule has 0 radical (unpaired) electrons. The van der Waals surface area contributed by atoms with Crippen LogP contribution in [0.1, 0.15) is 19.0 Å². The van der Waals surface area contributed by atoms with Gasteiger partial charge in [0.1, 0.15) is 29.9 Å². The van der Waals surface area contributed by atoms with Crippen molar-refractivity contribution in [2.75, 3.05) is 25.1 Å². The maximum atomic E-state index is 13.0. The molecule has 41 heavy (non-hydrogen) atoms. The van der Waals surface area contributed by atoms with Gasteiger partial charge in [0, 0.05) is 17.7 Å². The van der Waals surface area contributed by atoms with Crippen molar-refractivity contribution in [1.82, 2.24) is 30.7 Å². The third kappa shape index (κ3) is 5.61. The maximum absolute atomic E-state index is 13.0. The Morgan fingerprint density at radius 2 is 2.15 bits per heavy atom. The summed E-state index contributed by atoms with van der Waals surface area (Å²) in [5, 5.41) is 37.0.